The fourth-order valence-electron chi connectivity index (χ4n) is 2.75. The second kappa shape index (κ2) is 6.20. The zero-order valence-electron chi connectivity index (χ0n) is 12.4. The van der Waals surface area contributed by atoms with Gasteiger partial charge in [0.2, 0.25) is 10.0 Å². The predicted octanol–water partition coefficient (Wildman–Crippen LogP) is 2.32. The van der Waals surface area contributed by atoms with E-state index in [4.69, 9.17) is 5.14 Å². The lowest BCUT2D eigenvalue weighted by Gasteiger charge is -2.05. The summed E-state index contributed by atoms with van der Waals surface area (Å²) in [5.41, 5.74) is 2.53. The Bertz CT molecular complexity index is 727. The standard InChI is InChI=1S/C17H20N2O2S/c18-22(20,21)16-10-8-14(9-11-16)5-4-12-19-13-17(19)15-6-2-1-3-7-15/h1-3,6-11,17H,4-5,12-13H2,(H2,18,20,21)/t17?,19-/m0/s1. The Balaban J connectivity index is 1.47. The summed E-state index contributed by atoms with van der Waals surface area (Å²) in [7, 11) is -3.59. The molecule has 116 valence electrons. The molecule has 0 amide bonds. The molecule has 0 saturated carbocycles. The molecule has 1 aliphatic heterocycles. The van der Waals surface area contributed by atoms with E-state index in [9.17, 15) is 8.42 Å². The van der Waals surface area contributed by atoms with Gasteiger partial charge in [-0.15, -0.1) is 0 Å². The molecule has 2 atom stereocenters. The molecule has 4 nitrogen and oxygen atoms in total. The lowest BCUT2D eigenvalue weighted by atomic mass is 10.1. The maximum absolute atomic E-state index is 11.2. The van der Waals surface area contributed by atoms with E-state index < -0.39 is 10.0 Å². The first-order chi connectivity index (χ1) is 10.5. The van der Waals surface area contributed by atoms with E-state index in [1.54, 1.807) is 12.1 Å². The molecule has 0 bridgehead atoms. The van der Waals surface area contributed by atoms with Crippen LogP contribution in [0.2, 0.25) is 0 Å². The predicted molar refractivity (Wildman–Crippen MR) is 86.9 cm³/mol. The van der Waals surface area contributed by atoms with Gasteiger partial charge < -0.3 is 0 Å². The monoisotopic (exact) mass is 316 g/mol. The largest absolute Gasteiger partial charge is 0.293 e. The zero-order valence-corrected chi connectivity index (χ0v) is 13.2. The second-order valence-electron chi connectivity index (χ2n) is 5.71. The highest BCUT2D eigenvalue weighted by Crippen LogP contribution is 2.34. The van der Waals surface area contributed by atoms with Crippen LogP contribution in [-0.4, -0.2) is 26.4 Å². The van der Waals surface area contributed by atoms with Crippen LogP contribution in [0.3, 0.4) is 0 Å². The van der Waals surface area contributed by atoms with E-state index in [0.29, 0.717) is 6.04 Å². The van der Waals surface area contributed by atoms with Crippen LogP contribution in [-0.2, 0) is 16.4 Å². The van der Waals surface area contributed by atoms with Crippen molar-refractivity contribution in [2.24, 2.45) is 5.14 Å². The molecule has 1 unspecified atom stereocenters. The molecular weight excluding hydrogens is 296 g/mol. The lowest BCUT2D eigenvalue weighted by molar-refractivity contribution is 0.495. The van der Waals surface area contributed by atoms with Crippen molar-refractivity contribution in [1.82, 2.24) is 4.90 Å². The van der Waals surface area contributed by atoms with Gasteiger partial charge in [0, 0.05) is 12.6 Å². The molecule has 0 aromatic heterocycles. The topological polar surface area (TPSA) is 63.2 Å². The summed E-state index contributed by atoms with van der Waals surface area (Å²) in [5.74, 6) is 0. The van der Waals surface area contributed by atoms with Crippen molar-refractivity contribution >= 4 is 10.0 Å². The highest BCUT2D eigenvalue weighted by molar-refractivity contribution is 7.89. The molecule has 5 heteroatoms. The number of rotatable bonds is 6. The highest BCUT2D eigenvalue weighted by atomic mass is 32.2. The molecule has 2 aromatic rings. The molecule has 2 N–H and O–H groups in total. The zero-order chi connectivity index (χ0) is 15.6. The molecular formula is C17H20N2O2S. The Morgan fingerprint density at radius 2 is 1.73 bits per heavy atom. The summed E-state index contributed by atoms with van der Waals surface area (Å²) in [5, 5.41) is 5.09. The van der Waals surface area contributed by atoms with Crippen molar-refractivity contribution in [1.29, 1.82) is 0 Å². The normalized spacial score (nSPS) is 20.8. The van der Waals surface area contributed by atoms with Gasteiger partial charge in [-0.3, -0.25) is 4.90 Å². The summed E-state index contributed by atoms with van der Waals surface area (Å²) in [6, 6.07) is 18.0. The molecule has 1 heterocycles. The number of hydrogen-bond donors (Lipinski definition) is 1. The van der Waals surface area contributed by atoms with Crippen molar-refractivity contribution in [2.75, 3.05) is 13.1 Å². The Morgan fingerprint density at radius 1 is 1.05 bits per heavy atom. The van der Waals surface area contributed by atoms with E-state index in [-0.39, 0.29) is 4.90 Å². The van der Waals surface area contributed by atoms with Gasteiger partial charge in [-0.05, 0) is 42.6 Å². The van der Waals surface area contributed by atoms with Crippen molar-refractivity contribution in [3.05, 3.63) is 65.7 Å². The Morgan fingerprint density at radius 3 is 2.36 bits per heavy atom. The number of nitrogens with zero attached hydrogens (tertiary/aromatic N) is 1. The second-order valence-corrected chi connectivity index (χ2v) is 7.28. The first-order valence-corrected chi connectivity index (χ1v) is 8.99. The number of benzene rings is 2. The van der Waals surface area contributed by atoms with E-state index >= 15 is 0 Å². The molecule has 0 spiro atoms. The van der Waals surface area contributed by atoms with Gasteiger partial charge in [-0.25, -0.2) is 13.6 Å². The molecule has 3 rings (SSSR count). The number of hydrogen-bond acceptors (Lipinski definition) is 3. The molecule has 1 saturated heterocycles. The molecule has 0 aliphatic carbocycles. The minimum atomic E-state index is -3.59. The third kappa shape index (κ3) is 3.74. The molecule has 0 radical (unpaired) electrons. The summed E-state index contributed by atoms with van der Waals surface area (Å²) >= 11 is 0. The van der Waals surface area contributed by atoms with Gasteiger partial charge in [-0.2, -0.15) is 0 Å². The molecule has 2 aromatic carbocycles. The van der Waals surface area contributed by atoms with E-state index in [2.05, 4.69) is 29.2 Å². The minimum Gasteiger partial charge on any atom is -0.293 e. The van der Waals surface area contributed by atoms with Crippen LogP contribution < -0.4 is 5.14 Å². The maximum Gasteiger partial charge on any atom is 0.238 e. The third-order valence-corrected chi connectivity index (χ3v) is 4.99. The Labute approximate surface area is 131 Å². The van der Waals surface area contributed by atoms with E-state index in [0.717, 1.165) is 31.5 Å². The fourth-order valence-corrected chi connectivity index (χ4v) is 3.26. The van der Waals surface area contributed by atoms with Gasteiger partial charge in [0.05, 0.1) is 4.90 Å². The molecule has 1 aliphatic rings. The summed E-state index contributed by atoms with van der Waals surface area (Å²) in [6.07, 6.45) is 2.01. The first-order valence-electron chi connectivity index (χ1n) is 7.45. The molecule has 22 heavy (non-hydrogen) atoms. The van der Waals surface area contributed by atoms with Crippen LogP contribution in [0.4, 0.5) is 0 Å². The van der Waals surface area contributed by atoms with Gasteiger partial charge in [0.1, 0.15) is 0 Å². The van der Waals surface area contributed by atoms with Gasteiger partial charge in [0.25, 0.3) is 0 Å². The van der Waals surface area contributed by atoms with Crippen LogP contribution >= 0.6 is 0 Å². The van der Waals surface area contributed by atoms with Crippen molar-refractivity contribution < 1.29 is 8.42 Å². The van der Waals surface area contributed by atoms with Crippen molar-refractivity contribution in [3.8, 4) is 0 Å². The molecule has 1 fully saturated rings. The number of sulfonamides is 1. The first kappa shape index (κ1) is 15.2. The SMILES string of the molecule is NS(=O)(=O)c1ccc(CCC[N@@]2CC2c2ccccc2)cc1. The Kier molecular flexibility index (Phi) is 4.29. The summed E-state index contributed by atoms with van der Waals surface area (Å²) in [4.78, 5) is 2.62. The average molecular weight is 316 g/mol. The lowest BCUT2D eigenvalue weighted by Crippen LogP contribution is -2.12. The smallest absolute Gasteiger partial charge is 0.238 e. The van der Waals surface area contributed by atoms with Gasteiger partial charge in [0.15, 0.2) is 0 Å². The van der Waals surface area contributed by atoms with Gasteiger partial charge in [-0.1, -0.05) is 42.5 Å². The van der Waals surface area contributed by atoms with Crippen LogP contribution in [0, 0.1) is 0 Å². The summed E-state index contributed by atoms with van der Waals surface area (Å²) < 4.78 is 22.4. The third-order valence-electron chi connectivity index (χ3n) is 4.06. The van der Waals surface area contributed by atoms with Crippen LogP contribution in [0.1, 0.15) is 23.6 Å². The van der Waals surface area contributed by atoms with Crippen molar-refractivity contribution in [3.63, 3.8) is 0 Å². The summed E-state index contributed by atoms with van der Waals surface area (Å²) in [6.45, 7) is 2.20. The quantitative estimate of drug-likeness (QED) is 0.832. The minimum absolute atomic E-state index is 0.173. The highest BCUT2D eigenvalue weighted by Gasteiger charge is 2.34. The van der Waals surface area contributed by atoms with Gasteiger partial charge >= 0.3 is 0 Å². The van der Waals surface area contributed by atoms with Crippen LogP contribution in [0.5, 0.6) is 0 Å². The maximum atomic E-state index is 11.2. The number of nitrogens with two attached hydrogens (primary N) is 1. The van der Waals surface area contributed by atoms with E-state index in [1.807, 2.05) is 18.2 Å². The number of primary sulfonamides is 1. The van der Waals surface area contributed by atoms with Crippen LogP contribution in [0.15, 0.2) is 59.5 Å². The van der Waals surface area contributed by atoms with Crippen molar-refractivity contribution in [2.45, 2.75) is 23.8 Å². The van der Waals surface area contributed by atoms with E-state index in [1.165, 1.54) is 5.56 Å². The fraction of sp³-hybridized carbons (Fsp3) is 0.294. The van der Waals surface area contributed by atoms with Crippen LogP contribution in [0.25, 0.3) is 0 Å². The average Bonchev–Trinajstić information content (AvgIpc) is 3.27. The Hall–Kier alpha value is -1.69. The number of aryl methyl sites for hydroxylation is 1.